The molecule has 1 aliphatic heterocycles. The number of nitrogens with two attached hydrogens (primary N) is 1. The molecule has 152 valence electrons. The Balaban J connectivity index is 1.53. The quantitative estimate of drug-likeness (QED) is 0.688. The molecule has 1 aromatic carbocycles. The van der Waals surface area contributed by atoms with Crippen LogP contribution in [0.2, 0.25) is 0 Å². The monoisotopic (exact) mass is 395 g/mol. The van der Waals surface area contributed by atoms with Crippen molar-refractivity contribution in [2.45, 2.75) is 12.5 Å². The number of benzene rings is 1. The summed E-state index contributed by atoms with van der Waals surface area (Å²) in [6.07, 6.45) is 7.07. The molecule has 1 unspecified atom stereocenters. The van der Waals surface area contributed by atoms with Gasteiger partial charge in [-0.05, 0) is 18.6 Å². The number of hydrogen-bond donors (Lipinski definition) is 3. The summed E-state index contributed by atoms with van der Waals surface area (Å²) in [5, 5.41) is 6.43. The van der Waals surface area contributed by atoms with Gasteiger partial charge >= 0.3 is 0 Å². The van der Waals surface area contributed by atoms with Crippen molar-refractivity contribution in [1.82, 2.24) is 15.2 Å². The van der Waals surface area contributed by atoms with Crippen LogP contribution in [0, 0.1) is 0 Å². The molecule has 0 spiro atoms. The van der Waals surface area contributed by atoms with Crippen LogP contribution in [0.4, 0.5) is 11.7 Å². The van der Waals surface area contributed by atoms with Crippen LogP contribution in [0.5, 0.6) is 5.75 Å². The number of amides is 1. The molecule has 0 radical (unpaired) electrons. The normalized spacial score (nSPS) is 19.6. The molecule has 4 rings (SSSR count). The predicted molar refractivity (Wildman–Crippen MR) is 111 cm³/mol. The average molecular weight is 395 g/mol. The number of rotatable bonds is 6. The lowest BCUT2D eigenvalue weighted by Crippen LogP contribution is -2.47. The summed E-state index contributed by atoms with van der Waals surface area (Å²) < 4.78 is 11.1. The van der Waals surface area contributed by atoms with Crippen LogP contribution in [0.1, 0.15) is 22.7 Å². The van der Waals surface area contributed by atoms with E-state index in [1.807, 2.05) is 30.3 Å². The molecule has 1 saturated heterocycles. The first-order chi connectivity index (χ1) is 14.1. The number of ether oxygens (including phenoxy) is 1. The van der Waals surface area contributed by atoms with E-state index in [0.29, 0.717) is 17.6 Å². The molecule has 8 heteroatoms. The van der Waals surface area contributed by atoms with Crippen LogP contribution in [-0.2, 0) is 0 Å². The zero-order valence-corrected chi connectivity index (χ0v) is 16.4. The number of aromatic nitrogens is 1. The third-order valence-corrected chi connectivity index (χ3v) is 5.14. The minimum absolute atomic E-state index is 0.118. The number of carbonyl (C=O) groups is 1. The Morgan fingerprint density at radius 2 is 2.21 bits per heavy atom. The molecule has 29 heavy (non-hydrogen) atoms. The van der Waals surface area contributed by atoms with Crippen LogP contribution in [-0.4, -0.2) is 55.1 Å². The van der Waals surface area contributed by atoms with Gasteiger partial charge in [-0.25, -0.2) is 0 Å². The van der Waals surface area contributed by atoms with E-state index in [4.69, 9.17) is 14.9 Å². The van der Waals surface area contributed by atoms with Gasteiger partial charge in [0.1, 0.15) is 5.75 Å². The number of nitrogens with one attached hydrogen (secondary N) is 2. The van der Waals surface area contributed by atoms with Crippen molar-refractivity contribution in [3.63, 3.8) is 0 Å². The fraction of sp³-hybridized carbons (Fsp3) is 0.333. The van der Waals surface area contributed by atoms with Crippen molar-refractivity contribution in [1.29, 1.82) is 0 Å². The van der Waals surface area contributed by atoms with Gasteiger partial charge in [-0.1, -0.05) is 24.3 Å². The molecule has 0 saturated carbocycles. The summed E-state index contributed by atoms with van der Waals surface area (Å²) in [6.45, 7) is 4.07. The first-order valence-electron chi connectivity index (χ1n) is 9.69. The van der Waals surface area contributed by atoms with Crippen LogP contribution < -0.4 is 21.1 Å². The lowest BCUT2D eigenvalue weighted by molar-refractivity contribution is 0.0995. The molecule has 4 N–H and O–H groups in total. The third kappa shape index (κ3) is 4.33. The number of hydrogen-bond acceptors (Lipinski definition) is 7. The zero-order valence-electron chi connectivity index (χ0n) is 16.4. The Labute approximate surface area is 169 Å². The van der Waals surface area contributed by atoms with E-state index in [1.165, 1.54) is 0 Å². The Hall–Kier alpha value is -3.10. The maximum Gasteiger partial charge on any atom is 0.300 e. The molecule has 2 heterocycles. The van der Waals surface area contributed by atoms with Crippen molar-refractivity contribution in [2.75, 3.05) is 38.6 Å². The van der Waals surface area contributed by atoms with Crippen molar-refractivity contribution in [2.24, 2.45) is 5.73 Å². The number of carbonyl (C=O) groups excluding carboxylic acids is 1. The largest absolute Gasteiger partial charge is 0.497 e. The van der Waals surface area contributed by atoms with E-state index < -0.39 is 5.91 Å². The molecule has 1 amide bonds. The van der Waals surface area contributed by atoms with Crippen LogP contribution in [0.15, 0.2) is 46.9 Å². The van der Waals surface area contributed by atoms with Gasteiger partial charge in [-0.3, -0.25) is 9.69 Å². The molecule has 2 aliphatic rings. The van der Waals surface area contributed by atoms with Crippen molar-refractivity contribution in [3.8, 4) is 5.75 Å². The van der Waals surface area contributed by atoms with Crippen molar-refractivity contribution < 1.29 is 13.9 Å². The number of allylic oxidation sites excluding steroid dienone is 2. The van der Waals surface area contributed by atoms with Crippen LogP contribution >= 0.6 is 0 Å². The third-order valence-electron chi connectivity index (χ3n) is 5.14. The molecule has 1 atom stereocenters. The molecule has 8 nitrogen and oxygen atoms in total. The van der Waals surface area contributed by atoms with Gasteiger partial charge in [-0.15, -0.1) is 0 Å². The van der Waals surface area contributed by atoms with Gasteiger partial charge in [0, 0.05) is 49.5 Å². The summed E-state index contributed by atoms with van der Waals surface area (Å²) >= 11 is 0. The minimum Gasteiger partial charge on any atom is -0.497 e. The average Bonchev–Trinajstić information content (AvgIpc) is 3.19. The molecule has 1 aliphatic carbocycles. The lowest BCUT2D eigenvalue weighted by atomic mass is 9.98. The maximum atomic E-state index is 11.9. The highest BCUT2D eigenvalue weighted by atomic mass is 16.5. The lowest BCUT2D eigenvalue weighted by Gasteiger charge is -2.34. The first kappa shape index (κ1) is 19.2. The molecule has 0 bridgehead atoms. The molecular formula is C21H25N5O3. The minimum atomic E-state index is -0.624. The SMILES string of the molecule is COc1cccc(Nc2nc(C(N)=O)c(C3=CCC(N4CCNCC4)C=C3)o2)c1. The standard InChI is InChI=1S/C21H25N5O3/c1-28-17-4-2-3-15(13-17)24-21-25-18(20(22)27)19(29-21)14-5-7-16(8-6-14)26-11-9-23-10-12-26/h2-7,13,16,23H,8-12H2,1H3,(H2,22,27)(H,24,25). The number of anilines is 2. The number of piperazine rings is 1. The van der Waals surface area contributed by atoms with E-state index in [9.17, 15) is 4.79 Å². The number of nitrogens with zero attached hydrogens (tertiary/aromatic N) is 2. The van der Waals surface area contributed by atoms with Gasteiger partial charge in [0.05, 0.1) is 7.11 Å². The second kappa shape index (κ2) is 8.50. The van der Waals surface area contributed by atoms with Crippen LogP contribution in [0.25, 0.3) is 5.57 Å². The Morgan fingerprint density at radius 3 is 2.90 bits per heavy atom. The summed E-state index contributed by atoms with van der Waals surface area (Å²) in [5.74, 6) is 0.465. The topological polar surface area (TPSA) is 106 Å². The highest BCUT2D eigenvalue weighted by Gasteiger charge is 2.24. The van der Waals surface area contributed by atoms with E-state index in [0.717, 1.165) is 43.9 Å². The number of methoxy groups -OCH3 is 1. The van der Waals surface area contributed by atoms with Crippen LogP contribution in [0.3, 0.4) is 0 Å². The number of oxazole rings is 1. The molecule has 1 fully saturated rings. The zero-order chi connectivity index (χ0) is 20.2. The van der Waals surface area contributed by atoms with Gasteiger partial charge < -0.3 is 25.5 Å². The van der Waals surface area contributed by atoms with Crippen molar-refractivity contribution in [3.05, 3.63) is 53.9 Å². The van der Waals surface area contributed by atoms with E-state index >= 15 is 0 Å². The molecular weight excluding hydrogens is 370 g/mol. The Kier molecular flexibility index (Phi) is 5.64. The Bertz CT molecular complexity index is 944. The second-order valence-corrected chi connectivity index (χ2v) is 7.03. The predicted octanol–water partition coefficient (Wildman–Crippen LogP) is 2.14. The smallest absolute Gasteiger partial charge is 0.300 e. The van der Waals surface area contributed by atoms with Gasteiger partial charge in [0.25, 0.3) is 11.9 Å². The van der Waals surface area contributed by atoms with E-state index in [1.54, 1.807) is 7.11 Å². The Morgan fingerprint density at radius 1 is 1.38 bits per heavy atom. The summed E-state index contributed by atoms with van der Waals surface area (Å²) in [5.41, 5.74) is 7.21. The first-order valence-corrected chi connectivity index (χ1v) is 9.69. The summed E-state index contributed by atoms with van der Waals surface area (Å²) in [6, 6.07) is 7.92. The highest BCUT2D eigenvalue weighted by Crippen LogP contribution is 2.30. The summed E-state index contributed by atoms with van der Waals surface area (Å²) in [4.78, 5) is 18.6. The maximum absolute atomic E-state index is 11.9. The number of primary amides is 1. The van der Waals surface area contributed by atoms with Gasteiger partial charge in [0.15, 0.2) is 11.5 Å². The second-order valence-electron chi connectivity index (χ2n) is 7.03. The fourth-order valence-electron chi connectivity index (χ4n) is 3.62. The highest BCUT2D eigenvalue weighted by molar-refractivity contribution is 5.96. The molecule has 1 aromatic heterocycles. The van der Waals surface area contributed by atoms with E-state index in [-0.39, 0.29) is 11.7 Å². The summed E-state index contributed by atoms with van der Waals surface area (Å²) in [7, 11) is 1.60. The van der Waals surface area contributed by atoms with Gasteiger partial charge in [-0.2, -0.15) is 4.98 Å². The van der Waals surface area contributed by atoms with E-state index in [2.05, 4.69) is 32.7 Å². The molecule has 2 aromatic rings. The van der Waals surface area contributed by atoms with Gasteiger partial charge in [0.2, 0.25) is 0 Å². The van der Waals surface area contributed by atoms with Crippen molar-refractivity contribution >= 4 is 23.2 Å². The fourth-order valence-corrected chi connectivity index (χ4v) is 3.62.